The summed E-state index contributed by atoms with van der Waals surface area (Å²) >= 11 is 0. The van der Waals surface area contributed by atoms with E-state index in [1.807, 2.05) is 13.8 Å². The van der Waals surface area contributed by atoms with Crippen LogP contribution in [0.5, 0.6) is 0 Å². The topological polar surface area (TPSA) is 46.2 Å². The van der Waals surface area contributed by atoms with Crippen molar-refractivity contribution in [3.05, 3.63) is 0 Å². The molecule has 0 aliphatic heterocycles. The van der Waals surface area contributed by atoms with Gasteiger partial charge in [-0.25, -0.2) is 0 Å². The summed E-state index contributed by atoms with van der Waals surface area (Å²) in [6, 6.07) is 0. The molecule has 2 aliphatic carbocycles. The van der Waals surface area contributed by atoms with Crippen molar-refractivity contribution in [3.8, 4) is 0 Å². The highest BCUT2D eigenvalue weighted by Gasteiger charge is 2.63. The molecule has 2 rings (SSSR count). The Balaban J connectivity index is 2.16. The van der Waals surface area contributed by atoms with Crippen LogP contribution in [0.4, 0.5) is 0 Å². The Bertz CT molecular complexity index is 182. The normalized spacial score (nSPS) is 49.1. The van der Waals surface area contributed by atoms with E-state index in [1.165, 1.54) is 6.42 Å². The van der Waals surface area contributed by atoms with Gasteiger partial charge in [0.25, 0.3) is 0 Å². The van der Waals surface area contributed by atoms with Gasteiger partial charge in [0, 0.05) is 11.5 Å². The first kappa shape index (κ1) is 7.56. The van der Waals surface area contributed by atoms with E-state index in [1.54, 1.807) is 0 Å². The molecule has 64 valence electrons. The molecule has 0 saturated heterocycles. The lowest BCUT2D eigenvalue weighted by Gasteiger charge is -2.31. The van der Waals surface area contributed by atoms with Crippen LogP contribution in [0.1, 0.15) is 33.1 Å². The molecule has 0 aromatic carbocycles. The predicted octanol–water partition coefficient (Wildman–Crippen LogP) is 0.885. The predicted molar refractivity (Wildman–Crippen MR) is 44.0 cm³/mol. The van der Waals surface area contributed by atoms with Crippen LogP contribution < -0.4 is 5.73 Å². The molecule has 2 saturated carbocycles. The summed E-state index contributed by atoms with van der Waals surface area (Å²) in [6.45, 7) is 3.76. The van der Waals surface area contributed by atoms with E-state index in [2.05, 4.69) is 0 Å². The Morgan fingerprint density at radius 3 is 2.27 bits per heavy atom. The Morgan fingerprint density at radius 2 is 2.09 bits per heavy atom. The van der Waals surface area contributed by atoms with E-state index in [9.17, 15) is 5.11 Å². The van der Waals surface area contributed by atoms with Crippen molar-refractivity contribution in [2.75, 3.05) is 0 Å². The second-order valence-corrected chi connectivity index (χ2v) is 4.80. The van der Waals surface area contributed by atoms with Crippen LogP contribution >= 0.6 is 0 Å². The van der Waals surface area contributed by atoms with Crippen molar-refractivity contribution in [2.45, 2.75) is 44.2 Å². The number of fused-ring (bicyclic) bond motifs is 1. The molecule has 0 aromatic heterocycles. The second-order valence-electron chi connectivity index (χ2n) is 4.80. The average molecular weight is 155 g/mol. The summed E-state index contributed by atoms with van der Waals surface area (Å²) in [5.41, 5.74) is 5.56. The molecule has 0 radical (unpaired) electrons. The molecule has 11 heavy (non-hydrogen) atoms. The smallest absolute Gasteiger partial charge is 0.0637 e. The summed E-state index contributed by atoms with van der Waals surface area (Å²) < 4.78 is 0. The van der Waals surface area contributed by atoms with E-state index < -0.39 is 5.60 Å². The molecule has 2 nitrogen and oxygen atoms in total. The molecule has 2 heteroatoms. The molecule has 3 atom stereocenters. The van der Waals surface area contributed by atoms with Gasteiger partial charge in [-0.15, -0.1) is 0 Å². The molecular formula is C9H17NO. The average Bonchev–Trinajstić information content (AvgIpc) is 2.32. The zero-order valence-electron chi connectivity index (χ0n) is 7.30. The molecule has 0 aromatic rings. The van der Waals surface area contributed by atoms with Gasteiger partial charge in [-0.3, -0.25) is 0 Å². The van der Waals surface area contributed by atoms with Crippen molar-refractivity contribution in [3.63, 3.8) is 0 Å². The van der Waals surface area contributed by atoms with Crippen LogP contribution in [0.25, 0.3) is 0 Å². The molecule has 0 spiro atoms. The fourth-order valence-electron chi connectivity index (χ4n) is 2.81. The summed E-state index contributed by atoms with van der Waals surface area (Å²) in [5, 5.41) is 9.80. The van der Waals surface area contributed by atoms with Crippen LogP contribution in [0.2, 0.25) is 0 Å². The quantitative estimate of drug-likeness (QED) is 0.590. The molecule has 2 fully saturated rings. The maximum absolute atomic E-state index is 9.80. The number of hydrogen-bond donors (Lipinski definition) is 2. The van der Waals surface area contributed by atoms with Gasteiger partial charge in [0.05, 0.1) is 5.60 Å². The Kier molecular flexibility index (Phi) is 1.24. The van der Waals surface area contributed by atoms with Crippen LogP contribution in [-0.4, -0.2) is 16.2 Å². The van der Waals surface area contributed by atoms with Crippen molar-refractivity contribution in [1.29, 1.82) is 0 Å². The van der Waals surface area contributed by atoms with E-state index >= 15 is 0 Å². The standard InChI is InChI=1S/C9H17NO/c1-8(2,11)7-4-3-6-5-9(6,7)10/h6-7,11H,3-5,10H2,1-2H3/t6?,7-,9?/m1/s1. The second kappa shape index (κ2) is 1.80. The van der Waals surface area contributed by atoms with Crippen LogP contribution in [0.3, 0.4) is 0 Å². The SMILES string of the molecule is CC(C)(O)[C@H]1CCC2CC21N. The minimum absolute atomic E-state index is 0.0122. The maximum Gasteiger partial charge on any atom is 0.0637 e. The third kappa shape index (κ3) is 0.926. The molecule has 2 unspecified atom stereocenters. The molecule has 2 aliphatic rings. The van der Waals surface area contributed by atoms with Gasteiger partial charge in [0.15, 0.2) is 0 Å². The number of hydrogen-bond acceptors (Lipinski definition) is 2. The summed E-state index contributed by atoms with van der Waals surface area (Å²) in [5.74, 6) is 1.05. The molecule has 0 heterocycles. The van der Waals surface area contributed by atoms with Gasteiger partial charge in [0.2, 0.25) is 0 Å². The minimum atomic E-state index is -0.569. The molecule has 0 amide bonds. The lowest BCUT2D eigenvalue weighted by atomic mass is 9.83. The summed E-state index contributed by atoms with van der Waals surface area (Å²) in [7, 11) is 0. The summed E-state index contributed by atoms with van der Waals surface area (Å²) in [6.07, 6.45) is 3.48. The fraction of sp³-hybridized carbons (Fsp3) is 1.00. The third-order valence-electron chi connectivity index (χ3n) is 3.51. The number of nitrogens with two attached hydrogens (primary N) is 1. The van der Waals surface area contributed by atoms with Gasteiger partial charge in [-0.05, 0) is 39.0 Å². The van der Waals surface area contributed by atoms with Crippen molar-refractivity contribution < 1.29 is 5.11 Å². The van der Waals surface area contributed by atoms with Crippen LogP contribution in [0.15, 0.2) is 0 Å². The lowest BCUT2D eigenvalue weighted by molar-refractivity contribution is 0.00480. The third-order valence-corrected chi connectivity index (χ3v) is 3.51. The first-order chi connectivity index (χ1) is 4.94. The Hall–Kier alpha value is -0.0800. The van der Waals surface area contributed by atoms with E-state index in [0.717, 1.165) is 18.8 Å². The fourth-order valence-corrected chi connectivity index (χ4v) is 2.81. The van der Waals surface area contributed by atoms with E-state index in [-0.39, 0.29) is 5.54 Å². The van der Waals surface area contributed by atoms with Crippen molar-refractivity contribution in [2.24, 2.45) is 17.6 Å². The molecule has 3 N–H and O–H groups in total. The van der Waals surface area contributed by atoms with Crippen LogP contribution in [0, 0.1) is 11.8 Å². The first-order valence-corrected chi connectivity index (χ1v) is 4.46. The molecular weight excluding hydrogens is 138 g/mol. The van der Waals surface area contributed by atoms with Gasteiger partial charge in [-0.2, -0.15) is 0 Å². The van der Waals surface area contributed by atoms with Gasteiger partial charge >= 0.3 is 0 Å². The Morgan fingerprint density at radius 1 is 1.45 bits per heavy atom. The summed E-state index contributed by atoms with van der Waals surface area (Å²) in [4.78, 5) is 0. The van der Waals surface area contributed by atoms with Gasteiger partial charge in [-0.1, -0.05) is 0 Å². The highest BCUT2D eigenvalue weighted by atomic mass is 16.3. The zero-order valence-corrected chi connectivity index (χ0v) is 7.30. The van der Waals surface area contributed by atoms with Crippen molar-refractivity contribution in [1.82, 2.24) is 0 Å². The van der Waals surface area contributed by atoms with Gasteiger partial charge in [0.1, 0.15) is 0 Å². The highest BCUT2D eigenvalue weighted by molar-refractivity contribution is 5.19. The largest absolute Gasteiger partial charge is 0.390 e. The number of rotatable bonds is 1. The molecule has 0 bridgehead atoms. The Labute approximate surface area is 67.8 Å². The monoisotopic (exact) mass is 155 g/mol. The minimum Gasteiger partial charge on any atom is -0.390 e. The van der Waals surface area contributed by atoms with Crippen molar-refractivity contribution >= 4 is 0 Å². The lowest BCUT2D eigenvalue weighted by Crippen LogP contribution is -2.44. The first-order valence-electron chi connectivity index (χ1n) is 4.46. The van der Waals surface area contributed by atoms with Crippen LogP contribution in [-0.2, 0) is 0 Å². The maximum atomic E-state index is 9.80. The zero-order chi connectivity index (χ0) is 8.28. The van der Waals surface area contributed by atoms with E-state index in [4.69, 9.17) is 5.73 Å². The van der Waals surface area contributed by atoms with Gasteiger partial charge < -0.3 is 10.8 Å². The highest BCUT2D eigenvalue weighted by Crippen LogP contribution is 2.59. The van der Waals surface area contributed by atoms with E-state index in [0.29, 0.717) is 5.92 Å². The number of aliphatic hydroxyl groups is 1.